The van der Waals surface area contributed by atoms with Crippen LogP contribution in [-0.4, -0.2) is 37.1 Å². The Kier molecular flexibility index (Phi) is 2.68. The van der Waals surface area contributed by atoms with Gasteiger partial charge in [0.2, 0.25) is 11.8 Å². The summed E-state index contributed by atoms with van der Waals surface area (Å²) in [6.07, 6.45) is 0. The lowest BCUT2D eigenvalue weighted by Crippen LogP contribution is -2.68. The van der Waals surface area contributed by atoms with Crippen molar-refractivity contribution < 1.29 is 14.3 Å². The Morgan fingerprint density at radius 3 is 2.62 bits per heavy atom. The smallest absolute Gasteiger partial charge is 0.246 e. The maximum atomic E-state index is 11.2. The fraction of sp³-hybridized carbons (Fsp3) is 0.750. The summed E-state index contributed by atoms with van der Waals surface area (Å²) in [5, 5.41) is 5.19. The molecule has 13 heavy (non-hydrogen) atoms. The van der Waals surface area contributed by atoms with Gasteiger partial charge in [-0.2, -0.15) is 0 Å². The molecule has 1 rings (SSSR count). The van der Waals surface area contributed by atoms with Gasteiger partial charge in [0.05, 0.1) is 12.1 Å². The van der Waals surface area contributed by atoms with Crippen molar-refractivity contribution in [3.05, 3.63) is 0 Å². The number of hydrogen-bond donors (Lipinski definition) is 2. The van der Waals surface area contributed by atoms with E-state index in [0.717, 1.165) is 0 Å². The van der Waals surface area contributed by atoms with Gasteiger partial charge in [0.15, 0.2) is 0 Å². The van der Waals surface area contributed by atoms with Crippen LogP contribution in [0.4, 0.5) is 0 Å². The summed E-state index contributed by atoms with van der Waals surface area (Å²) in [5.41, 5.74) is -0.711. The van der Waals surface area contributed by atoms with Crippen LogP contribution >= 0.6 is 0 Å². The molecule has 1 heterocycles. The summed E-state index contributed by atoms with van der Waals surface area (Å²) in [6, 6.07) is -0.447. The second-order valence-corrected chi connectivity index (χ2v) is 3.60. The topological polar surface area (TPSA) is 67.4 Å². The number of piperazine rings is 1. The molecule has 0 spiro atoms. The van der Waals surface area contributed by atoms with Crippen molar-refractivity contribution >= 4 is 11.8 Å². The second-order valence-electron chi connectivity index (χ2n) is 3.60. The molecule has 2 N–H and O–H groups in total. The molecule has 5 nitrogen and oxygen atoms in total. The maximum absolute atomic E-state index is 11.2. The van der Waals surface area contributed by atoms with Crippen molar-refractivity contribution in [3.63, 3.8) is 0 Å². The Labute approximate surface area is 76.8 Å². The highest BCUT2D eigenvalue weighted by molar-refractivity contribution is 6.04. The minimum atomic E-state index is -0.711. The SMILES string of the molecule is COCC1NC(C)(C)C(=O)NC1=O. The highest BCUT2D eigenvalue weighted by Crippen LogP contribution is 2.09. The minimum absolute atomic E-state index is 0.266. The van der Waals surface area contributed by atoms with Gasteiger partial charge in [-0.05, 0) is 13.8 Å². The van der Waals surface area contributed by atoms with Gasteiger partial charge in [0, 0.05) is 7.11 Å². The first kappa shape index (κ1) is 10.1. The van der Waals surface area contributed by atoms with Crippen molar-refractivity contribution in [2.75, 3.05) is 13.7 Å². The van der Waals surface area contributed by atoms with Crippen molar-refractivity contribution in [2.45, 2.75) is 25.4 Å². The summed E-state index contributed by atoms with van der Waals surface area (Å²) in [4.78, 5) is 22.4. The van der Waals surface area contributed by atoms with Crippen LogP contribution in [0.3, 0.4) is 0 Å². The summed E-state index contributed by atoms with van der Waals surface area (Å²) >= 11 is 0. The van der Waals surface area contributed by atoms with Gasteiger partial charge in [-0.3, -0.25) is 20.2 Å². The molecular formula is C8H14N2O3. The molecule has 0 aromatic rings. The zero-order valence-electron chi connectivity index (χ0n) is 8.01. The third-order valence-electron chi connectivity index (χ3n) is 1.99. The summed E-state index contributed by atoms with van der Waals surface area (Å²) < 4.78 is 4.85. The fourth-order valence-corrected chi connectivity index (χ4v) is 1.21. The number of imide groups is 1. The number of amides is 2. The molecule has 1 unspecified atom stereocenters. The van der Waals surface area contributed by atoms with Crippen LogP contribution in [0.15, 0.2) is 0 Å². The molecule has 1 fully saturated rings. The van der Waals surface area contributed by atoms with Gasteiger partial charge < -0.3 is 4.74 Å². The van der Waals surface area contributed by atoms with Crippen LogP contribution in [0.2, 0.25) is 0 Å². The van der Waals surface area contributed by atoms with Crippen LogP contribution in [-0.2, 0) is 14.3 Å². The number of carbonyl (C=O) groups is 2. The predicted molar refractivity (Wildman–Crippen MR) is 46.0 cm³/mol. The highest BCUT2D eigenvalue weighted by atomic mass is 16.5. The standard InChI is InChI=1S/C8H14N2O3/c1-8(2)7(12)9-6(11)5(10-8)4-13-3/h5,10H,4H2,1-3H3,(H,9,11,12). The Morgan fingerprint density at radius 2 is 2.08 bits per heavy atom. The molecule has 0 aliphatic carbocycles. The van der Waals surface area contributed by atoms with Gasteiger partial charge in [0.1, 0.15) is 6.04 Å². The van der Waals surface area contributed by atoms with E-state index in [0.29, 0.717) is 0 Å². The number of nitrogens with one attached hydrogen (secondary N) is 2. The molecule has 1 saturated heterocycles. The van der Waals surface area contributed by atoms with Crippen LogP contribution in [0.1, 0.15) is 13.8 Å². The van der Waals surface area contributed by atoms with Crippen molar-refractivity contribution in [1.82, 2.24) is 10.6 Å². The second kappa shape index (κ2) is 3.43. The average molecular weight is 186 g/mol. The van der Waals surface area contributed by atoms with E-state index in [-0.39, 0.29) is 18.4 Å². The fourth-order valence-electron chi connectivity index (χ4n) is 1.21. The maximum Gasteiger partial charge on any atom is 0.246 e. The largest absolute Gasteiger partial charge is 0.383 e. The van der Waals surface area contributed by atoms with Crippen molar-refractivity contribution in [1.29, 1.82) is 0 Å². The van der Waals surface area contributed by atoms with E-state index in [4.69, 9.17) is 4.74 Å². The Bertz CT molecular complexity index is 238. The first-order valence-corrected chi connectivity index (χ1v) is 4.09. The van der Waals surface area contributed by atoms with E-state index >= 15 is 0 Å². The van der Waals surface area contributed by atoms with Gasteiger partial charge in [-0.25, -0.2) is 0 Å². The average Bonchev–Trinajstić information content (AvgIpc) is 2.00. The molecule has 0 aromatic heterocycles. The number of ether oxygens (including phenoxy) is 1. The number of rotatable bonds is 2. The molecule has 74 valence electrons. The first-order chi connectivity index (χ1) is 5.97. The quantitative estimate of drug-likeness (QED) is 0.544. The summed E-state index contributed by atoms with van der Waals surface area (Å²) in [7, 11) is 1.51. The molecule has 0 bridgehead atoms. The van der Waals surface area contributed by atoms with Crippen LogP contribution in [0.5, 0.6) is 0 Å². The predicted octanol–water partition coefficient (Wildman–Crippen LogP) is -0.974. The third kappa shape index (κ3) is 2.05. The highest BCUT2D eigenvalue weighted by Gasteiger charge is 2.39. The van der Waals surface area contributed by atoms with Gasteiger partial charge in [0.25, 0.3) is 0 Å². The number of methoxy groups -OCH3 is 1. The van der Waals surface area contributed by atoms with Crippen molar-refractivity contribution in [2.24, 2.45) is 0 Å². The van der Waals surface area contributed by atoms with E-state index in [1.165, 1.54) is 7.11 Å². The normalized spacial score (nSPS) is 27.2. The van der Waals surface area contributed by atoms with Gasteiger partial charge >= 0.3 is 0 Å². The van der Waals surface area contributed by atoms with Crippen LogP contribution < -0.4 is 10.6 Å². The van der Waals surface area contributed by atoms with E-state index in [9.17, 15) is 9.59 Å². The molecule has 1 atom stereocenters. The van der Waals surface area contributed by atoms with Gasteiger partial charge in [-0.1, -0.05) is 0 Å². The molecular weight excluding hydrogens is 172 g/mol. The molecule has 0 saturated carbocycles. The molecule has 0 aromatic carbocycles. The lowest BCUT2D eigenvalue weighted by atomic mass is 9.99. The zero-order chi connectivity index (χ0) is 10.1. The van der Waals surface area contributed by atoms with E-state index in [1.54, 1.807) is 13.8 Å². The molecule has 5 heteroatoms. The lowest BCUT2D eigenvalue weighted by Gasteiger charge is -2.34. The number of carbonyl (C=O) groups excluding carboxylic acids is 2. The van der Waals surface area contributed by atoms with Crippen LogP contribution in [0, 0.1) is 0 Å². The van der Waals surface area contributed by atoms with Crippen molar-refractivity contribution in [3.8, 4) is 0 Å². The number of hydrogen-bond acceptors (Lipinski definition) is 4. The van der Waals surface area contributed by atoms with E-state index in [1.807, 2.05) is 0 Å². The molecule has 1 aliphatic heterocycles. The lowest BCUT2D eigenvalue weighted by molar-refractivity contribution is -0.140. The monoisotopic (exact) mass is 186 g/mol. The van der Waals surface area contributed by atoms with Crippen LogP contribution in [0.25, 0.3) is 0 Å². The molecule has 2 amide bonds. The Hall–Kier alpha value is -0.940. The molecule has 0 radical (unpaired) electrons. The third-order valence-corrected chi connectivity index (χ3v) is 1.99. The Morgan fingerprint density at radius 1 is 1.46 bits per heavy atom. The molecule has 1 aliphatic rings. The first-order valence-electron chi connectivity index (χ1n) is 4.09. The minimum Gasteiger partial charge on any atom is -0.383 e. The summed E-state index contributed by atoms with van der Waals surface area (Å²) in [5.74, 6) is -0.629. The Balaban J connectivity index is 2.70. The summed E-state index contributed by atoms with van der Waals surface area (Å²) in [6.45, 7) is 3.71. The van der Waals surface area contributed by atoms with Gasteiger partial charge in [-0.15, -0.1) is 0 Å². The van der Waals surface area contributed by atoms with E-state index in [2.05, 4.69) is 10.6 Å². The zero-order valence-corrected chi connectivity index (χ0v) is 8.01. The van der Waals surface area contributed by atoms with E-state index < -0.39 is 11.6 Å².